The maximum absolute atomic E-state index is 14.1. The first-order valence-corrected chi connectivity index (χ1v) is 29.6. The minimum atomic E-state index is -4.51. The number of aryl methyl sites for hydroxylation is 2. The van der Waals surface area contributed by atoms with Crippen LogP contribution in [0.15, 0.2) is 107 Å². The predicted octanol–water partition coefficient (Wildman–Crippen LogP) is 6.68. The van der Waals surface area contributed by atoms with Crippen molar-refractivity contribution in [2.45, 2.75) is 124 Å². The minimum absolute atomic E-state index is 0.113. The number of carboxylic acid groups (broad SMARTS) is 1. The van der Waals surface area contributed by atoms with Gasteiger partial charge in [0, 0.05) is 63.6 Å². The smallest absolute Gasteiger partial charge is 0.414 e. The van der Waals surface area contributed by atoms with Crippen molar-refractivity contribution in [2.24, 2.45) is 0 Å². The number of amides is 4. The van der Waals surface area contributed by atoms with E-state index in [2.05, 4.69) is 10.6 Å². The Labute approximate surface area is 466 Å². The summed E-state index contributed by atoms with van der Waals surface area (Å²) in [6.45, 7) is 16.2. The second kappa shape index (κ2) is 25.3. The van der Waals surface area contributed by atoms with Crippen molar-refractivity contribution in [3.8, 4) is 11.5 Å². The van der Waals surface area contributed by atoms with Crippen LogP contribution in [0.1, 0.15) is 70.7 Å². The zero-order valence-corrected chi connectivity index (χ0v) is 49.3. The van der Waals surface area contributed by atoms with Crippen molar-refractivity contribution in [1.29, 1.82) is 0 Å². The van der Waals surface area contributed by atoms with E-state index in [1.165, 1.54) is 95.9 Å². The van der Waals surface area contributed by atoms with Gasteiger partial charge in [-0.15, -0.1) is 23.5 Å². The van der Waals surface area contributed by atoms with Gasteiger partial charge in [0.2, 0.25) is 0 Å². The Balaban J connectivity index is 0.000000289. The third-order valence-corrected chi connectivity index (χ3v) is 18.4. The molecule has 0 bridgehead atoms. The molecular weight excluding hydrogens is 1080 g/mol. The lowest BCUT2D eigenvalue weighted by atomic mass is 10.0. The molecule has 20 nitrogen and oxygen atoms in total. The van der Waals surface area contributed by atoms with Gasteiger partial charge in [-0.25, -0.2) is 44.6 Å². The van der Waals surface area contributed by atoms with E-state index in [0.29, 0.717) is 31.2 Å². The number of ether oxygens (including phenoxy) is 3. The van der Waals surface area contributed by atoms with Crippen LogP contribution in [0.2, 0.25) is 0 Å². The number of benzene rings is 4. The fraction of sp³-hybridized carbons (Fsp3) is 0.444. The van der Waals surface area contributed by atoms with Crippen LogP contribution in [0.25, 0.3) is 0 Å². The quantitative estimate of drug-likeness (QED) is 0.0989. The molecule has 0 aliphatic carbocycles. The van der Waals surface area contributed by atoms with E-state index in [9.17, 15) is 50.7 Å². The maximum atomic E-state index is 14.1. The standard InChI is InChI=1S/C29H39N3O7S2.C25H31N3O7S2/c1-19-9-15-22(16-10-19)41(36,37)32(25(33)24-30-29(5,6)18-40-24)23(26(34)39-28(2,3)4)17-20-11-13-21(14-12-20)38-27(35)31(7)8;1-16-6-12-19(13-7-16)37(33,34)28(22(29)21-26-25(2,3)15-36-21)20(23(30)31)14-17-8-10-18(11-9-17)35-24(32)27(4)5/h9-16,23-24,30H,17-18H2,1-8H3;6-13,20-21,26H,14-15H2,1-5H3,(H,30,31)/t23-,24-;20-,21-/m00/s1. The number of carbonyl (C=O) groups is 6. The van der Waals surface area contributed by atoms with Gasteiger partial charge in [-0.05, 0) is 122 Å². The number of carbonyl (C=O) groups excluding carboxylic acids is 5. The number of sulfonamides is 2. The Kier molecular flexibility index (Phi) is 20.3. The molecule has 2 aliphatic heterocycles. The number of hydrogen-bond donors (Lipinski definition) is 3. The predicted molar refractivity (Wildman–Crippen MR) is 298 cm³/mol. The SMILES string of the molecule is Cc1ccc(S(=O)(=O)N(C(=O)[C@H]2NC(C)(C)CS2)[C@@H](Cc2ccc(OC(=O)N(C)C)cc2)C(=O)O)cc1.Cc1ccc(S(=O)(=O)N(C(=O)[C@H]2NC(C)(C)CS2)[C@@H](Cc2ccc(OC(=O)N(C)C)cc2)C(=O)OC(C)(C)C)cc1. The van der Waals surface area contributed by atoms with E-state index in [0.717, 1.165) is 11.1 Å². The molecule has 3 N–H and O–H groups in total. The summed E-state index contributed by atoms with van der Waals surface area (Å²) in [4.78, 5) is 79.8. The Morgan fingerprint density at radius 1 is 0.590 bits per heavy atom. The van der Waals surface area contributed by atoms with Crippen LogP contribution < -0.4 is 20.1 Å². The van der Waals surface area contributed by atoms with Gasteiger partial charge in [0.1, 0.15) is 39.9 Å². The highest BCUT2D eigenvalue weighted by molar-refractivity contribution is 8.01. The van der Waals surface area contributed by atoms with Gasteiger partial charge in [-0.3, -0.25) is 20.2 Å². The number of rotatable bonds is 16. The van der Waals surface area contributed by atoms with Crippen molar-refractivity contribution in [2.75, 3.05) is 39.7 Å². The molecule has 2 heterocycles. The van der Waals surface area contributed by atoms with Crippen LogP contribution in [0, 0.1) is 13.8 Å². The molecule has 0 spiro atoms. The molecule has 424 valence electrons. The van der Waals surface area contributed by atoms with Gasteiger partial charge in [-0.2, -0.15) is 0 Å². The monoisotopic (exact) mass is 1150 g/mol. The Morgan fingerprint density at radius 2 is 0.923 bits per heavy atom. The second-order valence-electron chi connectivity index (χ2n) is 21.5. The molecule has 2 aliphatic rings. The average molecular weight is 1160 g/mol. The molecule has 78 heavy (non-hydrogen) atoms. The molecule has 2 saturated heterocycles. The molecule has 4 amide bonds. The molecule has 0 unspecified atom stereocenters. The first-order chi connectivity index (χ1) is 36.1. The van der Waals surface area contributed by atoms with Crippen molar-refractivity contribution in [3.05, 3.63) is 119 Å². The van der Waals surface area contributed by atoms with Gasteiger partial charge >= 0.3 is 24.1 Å². The number of nitrogens with zero attached hydrogens (tertiary/aromatic N) is 4. The summed E-state index contributed by atoms with van der Waals surface area (Å²) >= 11 is 2.52. The molecule has 4 aromatic rings. The topological polar surface area (TPSA) is 256 Å². The molecule has 2 fully saturated rings. The first kappa shape index (κ1) is 62.7. The van der Waals surface area contributed by atoms with Crippen LogP contribution in [0.4, 0.5) is 9.59 Å². The van der Waals surface area contributed by atoms with Crippen molar-refractivity contribution >= 4 is 79.5 Å². The van der Waals surface area contributed by atoms with Crippen LogP contribution in [-0.4, -0.2) is 155 Å². The summed E-state index contributed by atoms with van der Waals surface area (Å²) in [5, 5.41) is 14.6. The van der Waals surface area contributed by atoms with Crippen LogP contribution >= 0.6 is 23.5 Å². The summed E-state index contributed by atoms with van der Waals surface area (Å²) in [5.41, 5.74) is 0.862. The molecule has 0 radical (unpaired) electrons. The normalized spacial score (nSPS) is 17.5. The van der Waals surface area contributed by atoms with Gasteiger partial charge in [0.25, 0.3) is 31.9 Å². The second-order valence-corrected chi connectivity index (χ2v) is 27.3. The van der Waals surface area contributed by atoms with E-state index in [1.807, 2.05) is 34.6 Å². The largest absolute Gasteiger partial charge is 0.480 e. The number of hydrogen-bond acceptors (Lipinski definition) is 17. The number of carboxylic acids is 1. The highest BCUT2D eigenvalue weighted by Gasteiger charge is 2.48. The van der Waals surface area contributed by atoms with E-state index in [-0.39, 0.29) is 34.1 Å². The van der Waals surface area contributed by atoms with E-state index < -0.39 is 95.5 Å². The number of aliphatic carboxylic acids is 1. The van der Waals surface area contributed by atoms with Crippen LogP contribution in [0.5, 0.6) is 11.5 Å². The summed E-state index contributed by atoms with van der Waals surface area (Å²) in [5.74, 6) is -2.29. The van der Waals surface area contributed by atoms with E-state index in [4.69, 9.17) is 14.2 Å². The highest BCUT2D eigenvalue weighted by Crippen LogP contribution is 2.34. The molecule has 24 heteroatoms. The Hall–Kier alpha value is -6.18. The third-order valence-electron chi connectivity index (χ3n) is 11.7. The molecule has 0 aromatic heterocycles. The van der Waals surface area contributed by atoms with E-state index in [1.54, 1.807) is 90.3 Å². The lowest BCUT2D eigenvalue weighted by molar-refractivity contribution is -0.161. The van der Waals surface area contributed by atoms with E-state index >= 15 is 0 Å². The van der Waals surface area contributed by atoms with Crippen LogP contribution in [0.3, 0.4) is 0 Å². The average Bonchev–Trinajstić information content (AvgIpc) is 3.94. The summed E-state index contributed by atoms with van der Waals surface area (Å²) in [6.07, 6.45) is -1.58. The highest BCUT2D eigenvalue weighted by atomic mass is 32.2. The van der Waals surface area contributed by atoms with Gasteiger partial charge in [0.15, 0.2) is 0 Å². The molecule has 4 aromatic carbocycles. The Morgan fingerprint density at radius 3 is 1.22 bits per heavy atom. The molecule has 4 atom stereocenters. The van der Waals surface area contributed by atoms with Crippen molar-refractivity contribution < 1.29 is 64.9 Å². The summed E-state index contributed by atoms with van der Waals surface area (Å²) < 4.78 is 73.0. The fourth-order valence-corrected chi connectivity index (χ4v) is 13.5. The lowest BCUT2D eigenvalue weighted by Gasteiger charge is -2.33. The molecule has 0 saturated carbocycles. The van der Waals surface area contributed by atoms with Crippen molar-refractivity contribution in [1.82, 2.24) is 29.0 Å². The maximum Gasteiger partial charge on any atom is 0.414 e. The lowest BCUT2D eigenvalue weighted by Crippen LogP contribution is -2.56. The van der Waals surface area contributed by atoms with Gasteiger partial charge in [0.05, 0.1) is 9.79 Å². The van der Waals surface area contributed by atoms with Gasteiger partial charge < -0.3 is 29.1 Å². The number of esters is 1. The van der Waals surface area contributed by atoms with Gasteiger partial charge in [-0.1, -0.05) is 59.7 Å². The Bertz CT molecular complexity index is 3040. The molecule has 6 rings (SSSR count). The fourth-order valence-electron chi connectivity index (χ4n) is 7.60. The first-order valence-electron chi connectivity index (χ1n) is 24.6. The zero-order chi connectivity index (χ0) is 58.3. The number of thioether (sulfide) groups is 2. The molecular formula is C54H70N6O14S4. The minimum Gasteiger partial charge on any atom is -0.480 e. The third kappa shape index (κ3) is 16.7. The summed E-state index contributed by atoms with van der Waals surface area (Å²) in [6, 6.07) is 21.1. The zero-order valence-electron chi connectivity index (χ0n) is 46.1. The summed E-state index contributed by atoms with van der Waals surface area (Å²) in [7, 11) is -2.82. The van der Waals surface area contributed by atoms with Crippen molar-refractivity contribution in [3.63, 3.8) is 0 Å². The van der Waals surface area contributed by atoms with Crippen LogP contribution in [-0.2, 0) is 56.8 Å². The number of nitrogens with one attached hydrogen (secondary N) is 2.